The minimum absolute atomic E-state index is 0.191. The van der Waals surface area contributed by atoms with Crippen LogP contribution < -0.4 is 15.5 Å². The Morgan fingerprint density at radius 3 is 2.66 bits per heavy atom. The summed E-state index contributed by atoms with van der Waals surface area (Å²) < 4.78 is 5.38. The molecule has 172 valence electrons. The Kier molecular flexibility index (Phi) is 7.92. The minimum atomic E-state index is -0.191. The van der Waals surface area contributed by atoms with Gasteiger partial charge in [-0.15, -0.1) is 0 Å². The third-order valence-electron chi connectivity index (χ3n) is 6.13. The molecule has 32 heavy (non-hydrogen) atoms. The van der Waals surface area contributed by atoms with Crippen LogP contribution in [0.25, 0.3) is 0 Å². The number of likely N-dealkylation sites (N-methyl/N-ethyl adjacent to an activating group) is 1. The number of hydrogen-bond donors (Lipinski definition) is 2. The molecule has 0 bridgehead atoms. The van der Waals surface area contributed by atoms with Gasteiger partial charge in [0.25, 0.3) is 0 Å². The Morgan fingerprint density at radius 2 is 1.91 bits per heavy atom. The maximum Gasteiger partial charge on any atom is 0.319 e. The number of hydrogen-bond acceptors (Lipinski definition) is 6. The molecule has 3 heterocycles. The van der Waals surface area contributed by atoms with Crippen LogP contribution in [0.3, 0.4) is 0 Å². The molecule has 0 saturated carbocycles. The number of benzene rings is 1. The number of piperazine rings is 1. The van der Waals surface area contributed by atoms with Crippen LogP contribution in [0.4, 0.5) is 16.3 Å². The van der Waals surface area contributed by atoms with Crippen LogP contribution in [-0.4, -0.2) is 86.9 Å². The molecule has 2 fully saturated rings. The number of carbonyl (C=O) groups is 1. The van der Waals surface area contributed by atoms with E-state index in [4.69, 9.17) is 4.74 Å². The van der Waals surface area contributed by atoms with Crippen molar-refractivity contribution in [3.63, 3.8) is 0 Å². The van der Waals surface area contributed by atoms with Gasteiger partial charge in [0, 0.05) is 51.9 Å². The summed E-state index contributed by atoms with van der Waals surface area (Å²) in [6, 6.07) is 14.7. The number of aromatic nitrogens is 1. The molecule has 1 aromatic heterocycles. The molecule has 1 aromatic carbocycles. The largest absolute Gasteiger partial charge is 0.378 e. The normalized spacial score (nSPS) is 20.2. The van der Waals surface area contributed by atoms with Crippen LogP contribution in [0.5, 0.6) is 0 Å². The summed E-state index contributed by atoms with van der Waals surface area (Å²) in [5.41, 5.74) is 2.06. The number of ether oxygens (including phenoxy) is 1. The van der Waals surface area contributed by atoms with Crippen molar-refractivity contribution in [2.45, 2.75) is 12.5 Å². The molecular formula is C24H34N6O2. The zero-order chi connectivity index (χ0) is 22.2. The lowest BCUT2D eigenvalue weighted by atomic mass is 10.0. The number of carbonyl (C=O) groups excluding carboxylic acids is 1. The van der Waals surface area contributed by atoms with Crippen molar-refractivity contribution in [1.82, 2.24) is 20.1 Å². The molecule has 0 spiro atoms. The van der Waals surface area contributed by atoms with E-state index < -0.39 is 0 Å². The van der Waals surface area contributed by atoms with Gasteiger partial charge in [0.15, 0.2) is 0 Å². The fourth-order valence-electron chi connectivity index (χ4n) is 4.31. The molecular weight excluding hydrogens is 404 g/mol. The van der Waals surface area contributed by atoms with Crippen molar-refractivity contribution >= 4 is 17.5 Å². The predicted octanol–water partition coefficient (Wildman–Crippen LogP) is 2.42. The van der Waals surface area contributed by atoms with Gasteiger partial charge < -0.3 is 25.2 Å². The lowest BCUT2D eigenvalue weighted by Gasteiger charge is -2.40. The highest BCUT2D eigenvalue weighted by atomic mass is 16.5. The van der Waals surface area contributed by atoms with Gasteiger partial charge in [-0.2, -0.15) is 0 Å². The minimum Gasteiger partial charge on any atom is -0.378 e. The maximum absolute atomic E-state index is 12.3. The van der Waals surface area contributed by atoms with Gasteiger partial charge in [0.2, 0.25) is 0 Å². The zero-order valence-corrected chi connectivity index (χ0v) is 18.9. The molecule has 2 N–H and O–H groups in total. The van der Waals surface area contributed by atoms with Crippen LogP contribution in [0.2, 0.25) is 0 Å². The Morgan fingerprint density at radius 1 is 1.09 bits per heavy atom. The highest BCUT2D eigenvalue weighted by molar-refractivity contribution is 5.89. The summed E-state index contributed by atoms with van der Waals surface area (Å²) in [6.45, 7) is 7.90. The summed E-state index contributed by atoms with van der Waals surface area (Å²) in [5.74, 6) is 0.916. The Bertz CT molecular complexity index is 841. The van der Waals surface area contributed by atoms with E-state index >= 15 is 0 Å². The highest BCUT2D eigenvalue weighted by Crippen LogP contribution is 2.24. The van der Waals surface area contributed by atoms with E-state index in [0.29, 0.717) is 18.3 Å². The molecule has 0 unspecified atom stereocenters. The van der Waals surface area contributed by atoms with Crippen LogP contribution >= 0.6 is 0 Å². The quantitative estimate of drug-likeness (QED) is 0.647. The molecule has 8 nitrogen and oxygen atoms in total. The summed E-state index contributed by atoms with van der Waals surface area (Å²) in [6.07, 6.45) is 2.62. The summed E-state index contributed by atoms with van der Waals surface area (Å²) in [7, 11) is 2.18. The molecule has 0 aliphatic carbocycles. The van der Waals surface area contributed by atoms with Gasteiger partial charge in [-0.3, -0.25) is 4.90 Å². The number of amides is 2. The second-order valence-electron chi connectivity index (χ2n) is 8.46. The first-order valence-corrected chi connectivity index (χ1v) is 11.5. The Balaban J connectivity index is 1.20. The Hall–Kier alpha value is -2.68. The lowest BCUT2D eigenvalue weighted by Crippen LogP contribution is -2.47. The summed E-state index contributed by atoms with van der Waals surface area (Å²) in [5, 5.41) is 5.85. The van der Waals surface area contributed by atoms with Crippen molar-refractivity contribution in [2.75, 3.05) is 76.3 Å². The molecule has 2 aliphatic rings. The summed E-state index contributed by atoms with van der Waals surface area (Å²) >= 11 is 0. The molecule has 2 aromatic rings. The average molecular weight is 439 g/mol. The number of anilines is 2. The molecule has 8 heteroatoms. The fourth-order valence-corrected chi connectivity index (χ4v) is 4.31. The molecule has 2 amide bonds. The number of pyridine rings is 1. The van der Waals surface area contributed by atoms with Gasteiger partial charge >= 0.3 is 6.03 Å². The van der Waals surface area contributed by atoms with Crippen LogP contribution in [0, 0.1) is 0 Å². The number of nitrogens with one attached hydrogen (secondary N) is 2. The number of rotatable bonds is 7. The van der Waals surface area contributed by atoms with Crippen molar-refractivity contribution in [3.05, 3.63) is 54.2 Å². The van der Waals surface area contributed by atoms with E-state index in [1.54, 1.807) is 6.20 Å². The van der Waals surface area contributed by atoms with Crippen molar-refractivity contribution < 1.29 is 9.53 Å². The molecule has 2 aliphatic heterocycles. The first kappa shape index (κ1) is 22.5. The van der Waals surface area contributed by atoms with Crippen molar-refractivity contribution in [3.8, 4) is 0 Å². The summed E-state index contributed by atoms with van der Waals surface area (Å²) in [4.78, 5) is 23.9. The van der Waals surface area contributed by atoms with Crippen LogP contribution in [0.15, 0.2) is 48.7 Å². The SMILES string of the molecule is CN1CCN(CCCNC(=O)Nc2ccc(N3CCOCC3)nc2)[C@@H](c2ccccc2)C1. The van der Waals surface area contributed by atoms with Crippen molar-refractivity contribution in [1.29, 1.82) is 0 Å². The number of morpholine rings is 1. The highest BCUT2D eigenvalue weighted by Gasteiger charge is 2.25. The zero-order valence-electron chi connectivity index (χ0n) is 18.9. The second-order valence-corrected chi connectivity index (χ2v) is 8.46. The second kappa shape index (κ2) is 11.3. The van der Waals surface area contributed by atoms with Gasteiger partial charge in [0.1, 0.15) is 5.82 Å². The molecule has 0 radical (unpaired) electrons. The molecule has 1 atom stereocenters. The smallest absolute Gasteiger partial charge is 0.319 e. The third-order valence-corrected chi connectivity index (χ3v) is 6.13. The fraction of sp³-hybridized carbons (Fsp3) is 0.500. The Labute approximate surface area is 190 Å². The molecule has 2 saturated heterocycles. The van der Waals surface area contributed by atoms with E-state index in [2.05, 4.69) is 67.7 Å². The maximum atomic E-state index is 12.3. The van der Waals surface area contributed by atoms with E-state index in [9.17, 15) is 4.79 Å². The van der Waals surface area contributed by atoms with Gasteiger partial charge in [0.05, 0.1) is 25.1 Å². The monoisotopic (exact) mass is 438 g/mol. The standard InChI is InChI=1S/C24H34N6O2/c1-28-12-13-29(22(19-28)20-6-3-2-4-7-20)11-5-10-25-24(31)27-21-8-9-23(26-18-21)30-14-16-32-17-15-30/h2-4,6-9,18,22H,5,10-17,19H2,1H3,(H2,25,27,31)/t22-/m1/s1. The van der Waals surface area contributed by atoms with Gasteiger partial charge in [-0.05, 0) is 31.2 Å². The van der Waals surface area contributed by atoms with E-state index in [1.165, 1.54) is 5.56 Å². The van der Waals surface area contributed by atoms with Crippen molar-refractivity contribution in [2.24, 2.45) is 0 Å². The molecule has 4 rings (SSSR count). The number of urea groups is 1. The first-order valence-electron chi connectivity index (χ1n) is 11.5. The number of nitrogens with zero attached hydrogens (tertiary/aromatic N) is 4. The van der Waals surface area contributed by atoms with Crippen LogP contribution in [0.1, 0.15) is 18.0 Å². The topological polar surface area (TPSA) is 73.0 Å². The predicted molar refractivity (Wildman–Crippen MR) is 127 cm³/mol. The van der Waals surface area contributed by atoms with Gasteiger partial charge in [-0.25, -0.2) is 9.78 Å². The first-order chi connectivity index (χ1) is 15.7. The lowest BCUT2D eigenvalue weighted by molar-refractivity contribution is 0.0890. The van der Waals surface area contributed by atoms with Crippen LogP contribution in [-0.2, 0) is 4.74 Å². The van der Waals surface area contributed by atoms with E-state index in [-0.39, 0.29) is 6.03 Å². The van der Waals surface area contributed by atoms with E-state index in [1.807, 2.05) is 12.1 Å². The average Bonchev–Trinajstić information content (AvgIpc) is 2.84. The van der Waals surface area contributed by atoms with Gasteiger partial charge in [-0.1, -0.05) is 30.3 Å². The third kappa shape index (κ3) is 6.18. The van der Waals surface area contributed by atoms with E-state index in [0.717, 1.165) is 64.7 Å².